The number of benzene rings is 3. The third-order valence-corrected chi connectivity index (χ3v) is 5.43. The molecule has 0 saturated carbocycles. The zero-order valence-corrected chi connectivity index (χ0v) is 18.3. The monoisotopic (exact) mass is 460 g/mol. The van der Waals surface area contributed by atoms with Crippen molar-refractivity contribution in [3.63, 3.8) is 0 Å². The van der Waals surface area contributed by atoms with Crippen LogP contribution in [0.2, 0.25) is 0 Å². The number of amides is 2. The Labute approximate surface area is 196 Å². The van der Waals surface area contributed by atoms with Crippen LogP contribution in [0.3, 0.4) is 0 Å². The van der Waals surface area contributed by atoms with E-state index in [-0.39, 0.29) is 19.6 Å². The van der Waals surface area contributed by atoms with Gasteiger partial charge in [-0.2, -0.15) is 0 Å². The van der Waals surface area contributed by atoms with Crippen molar-refractivity contribution >= 4 is 17.8 Å². The number of carbonyl (C=O) groups is 3. The largest absolute Gasteiger partial charge is 0.480 e. The Bertz CT molecular complexity index is 1170. The molecule has 0 spiro atoms. The summed E-state index contributed by atoms with van der Waals surface area (Å²) >= 11 is 0. The van der Waals surface area contributed by atoms with Crippen LogP contribution in [0, 0.1) is 0 Å². The SMILES string of the molecule is O=C(N[C@@H](Cc1ccc2c(c1)OCO2)C(=O)N[C@@H](Cc1ccccc1)C(=O)O)c1ccccc1. The molecule has 8 heteroatoms. The number of hydrogen-bond donors (Lipinski definition) is 3. The van der Waals surface area contributed by atoms with E-state index in [1.807, 2.05) is 6.07 Å². The molecule has 1 aliphatic rings. The van der Waals surface area contributed by atoms with Gasteiger partial charge in [-0.05, 0) is 35.4 Å². The number of rotatable bonds is 9. The molecule has 0 radical (unpaired) electrons. The summed E-state index contributed by atoms with van der Waals surface area (Å²) in [5.41, 5.74) is 1.90. The van der Waals surface area contributed by atoms with Crippen LogP contribution in [0.1, 0.15) is 21.5 Å². The molecule has 0 bridgehead atoms. The summed E-state index contributed by atoms with van der Waals surface area (Å²) in [4.78, 5) is 37.9. The van der Waals surface area contributed by atoms with Crippen molar-refractivity contribution in [2.24, 2.45) is 0 Å². The lowest BCUT2D eigenvalue weighted by molar-refractivity contribution is -0.142. The molecule has 3 N–H and O–H groups in total. The predicted octanol–water partition coefficient (Wildman–Crippen LogP) is 2.57. The van der Waals surface area contributed by atoms with Crippen molar-refractivity contribution in [3.05, 3.63) is 95.6 Å². The van der Waals surface area contributed by atoms with Gasteiger partial charge in [0.2, 0.25) is 12.7 Å². The maximum Gasteiger partial charge on any atom is 0.326 e. The second-order valence-electron chi connectivity index (χ2n) is 7.87. The summed E-state index contributed by atoms with van der Waals surface area (Å²) in [5, 5.41) is 15.0. The Balaban J connectivity index is 1.53. The zero-order valence-electron chi connectivity index (χ0n) is 18.3. The van der Waals surface area contributed by atoms with Crippen LogP contribution in [0.25, 0.3) is 0 Å². The van der Waals surface area contributed by atoms with E-state index in [1.54, 1.807) is 72.8 Å². The van der Waals surface area contributed by atoms with E-state index in [1.165, 1.54) is 0 Å². The lowest BCUT2D eigenvalue weighted by Crippen LogP contribution is -2.53. The molecule has 0 aliphatic carbocycles. The maximum atomic E-state index is 13.2. The lowest BCUT2D eigenvalue weighted by Gasteiger charge is -2.22. The molecule has 34 heavy (non-hydrogen) atoms. The van der Waals surface area contributed by atoms with Gasteiger partial charge in [-0.3, -0.25) is 9.59 Å². The number of fused-ring (bicyclic) bond motifs is 1. The topological polar surface area (TPSA) is 114 Å². The molecule has 2 atom stereocenters. The number of carboxylic acids is 1. The molecular weight excluding hydrogens is 436 g/mol. The highest BCUT2D eigenvalue weighted by molar-refractivity contribution is 5.98. The van der Waals surface area contributed by atoms with Gasteiger partial charge in [0.1, 0.15) is 12.1 Å². The van der Waals surface area contributed by atoms with E-state index >= 15 is 0 Å². The molecule has 3 aromatic rings. The van der Waals surface area contributed by atoms with E-state index in [2.05, 4.69) is 10.6 Å². The highest BCUT2D eigenvalue weighted by atomic mass is 16.7. The summed E-state index contributed by atoms with van der Waals surface area (Å²) in [5.74, 6) is -1.03. The predicted molar refractivity (Wildman–Crippen MR) is 124 cm³/mol. The average molecular weight is 460 g/mol. The van der Waals surface area contributed by atoms with Gasteiger partial charge in [0.15, 0.2) is 11.5 Å². The lowest BCUT2D eigenvalue weighted by atomic mass is 10.0. The van der Waals surface area contributed by atoms with E-state index in [4.69, 9.17) is 9.47 Å². The summed E-state index contributed by atoms with van der Waals surface area (Å²) in [6.45, 7) is 0.118. The Kier molecular flexibility index (Phi) is 7.07. The molecular formula is C26H24N2O6. The average Bonchev–Trinajstić information content (AvgIpc) is 3.32. The van der Waals surface area contributed by atoms with Crippen molar-refractivity contribution in [1.82, 2.24) is 10.6 Å². The van der Waals surface area contributed by atoms with Gasteiger partial charge >= 0.3 is 5.97 Å². The van der Waals surface area contributed by atoms with Crippen molar-refractivity contribution in [2.75, 3.05) is 6.79 Å². The first-order chi connectivity index (χ1) is 16.5. The van der Waals surface area contributed by atoms with Crippen LogP contribution in [0.5, 0.6) is 11.5 Å². The molecule has 4 rings (SSSR count). The van der Waals surface area contributed by atoms with Crippen LogP contribution in [0.15, 0.2) is 78.9 Å². The van der Waals surface area contributed by atoms with E-state index in [9.17, 15) is 19.5 Å². The summed E-state index contributed by atoms with van der Waals surface area (Å²) in [7, 11) is 0. The molecule has 1 aliphatic heterocycles. The van der Waals surface area contributed by atoms with Crippen LogP contribution in [-0.4, -0.2) is 41.8 Å². The Morgan fingerprint density at radius 1 is 0.765 bits per heavy atom. The third kappa shape index (κ3) is 5.72. The first-order valence-electron chi connectivity index (χ1n) is 10.8. The first-order valence-corrected chi connectivity index (χ1v) is 10.8. The van der Waals surface area contributed by atoms with Gasteiger partial charge in [0.25, 0.3) is 5.91 Å². The van der Waals surface area contributed by atoms with Gasteiger partial charge in [-0.1, -0.05) is 54.6 Å². The normalized spacial score (nSPS) is 13.5. The molecule has 0 saturated heterocycles. The van der Waals surface area contributed by atoms with Crippen LogP contribution < -0.4 is 20.1 Å². The number of aliphatic carboxylic acids is 1. The van der Waals surface area contributed by atoms with E-state index in [0.29, 0.717) is 17.1 Å². The number of nitrogens with one attached hydrogen (secondary N) is 2. The smallest absolute Gasteiger partial charge is 0.326 e. The quantitative estimate of drug-likeness (QED) is 0.452. The van der Waals surface area contributed by atoms with Gasteiger partial charge in [-0.25, -0.2) is 4.79 Å². The molecule has 0 unspecified atom stereocenters. The number of carbonyl (C=O) groups excluding carboxylic acids is 2. The fraction of sp³-hybridized carbons (Fsp3) is 0.192. The van der Waals surface area contributed by atoms with Crippen molar-refractivity contribution in [2.45, 2.75) is 24.9 Å². The fourth-order valence-corrected chi connectivity index (χ4v) is 3.67. The zero-order chi connectivity index (χ0) is 23.9. The molecule has 2 amide bonds. The van der Waals surface area contributed by atoms with Crippen molar-refractivity contribution < 1.29 is 29.0 Å². The minimum Gasteiger partial charge on any atom is -0.480 e. The van der Waals surface area contributed by atoms with Gasteiger partial charge in [0.05, 0.1) is 0 Å². The molecule has 0 fully saturated rings. The first kappa shape index (κ1) is 22.8. The van der Waals surface area contributed by atoms with Crippen molar-refractivity contribution in [3.8, 4) is 11.5 Å². The van der Waals surface area contributed by atoms with Gasteiger partial charge in [-0.15, -0.1) is 0 Å². The number of carboxylic acid groups (broad SMARTS) is 1. The molecule has 8 nitrogen and oxygen atoms in total. The number of ether oxygens (including phenoxy) is 2. The second kappa shape index (κ2) is 10.5. The minimum absolute atomic E-state index is 0.116. The van der Waals surface area contributed by atoms with Crippen LogP contribution in [-0.2, 0) is 22.4 Å². The second-order valence-corrected chi connectivity index (χ2v) is 7.87. The summed E-state index contributed by atoms with van der Waals surface area (Å²) in [6, 6.07) is 20.6. The maximum absolute atomic E-state index is 13.2. The van der Waals surface area contributed by atoms with Crippen LogP contribution in [0.4, 0.5) is 0 Å². The molecule has 3 aromatic carbocycles. The standard InChI is InChI=1S/C26H24N2O6/c29-24(19-9-5-2-6-10-19)27-20(14-18-11-12-22-23(15-18)34-16-33-22)25(30)28-21(26(31)32)13-17-7-3-1-4-8-17/h1-12,15,20-21H,13-14,16H2,(H,27,29)(H,28,30)(H,31,32)/t20-,21-/m0/s1. The fourth-order valence-electron chi connectivity index (χ4n) is 3.67. The van der Waals surface area contributed by atoms with Crippen molar-refractivity contribution in [1.29, 1.82) is 0 Å². The molecule has 174 valence electrons. The van der Waals surface area contributed by atoms with Gasteiger partial charge in [0, 0.05) is 18.4 Å². The van der Waals surface area contributed by atoms with E-state index < -0.39 is 29.9 Å². The Morgan fingerprint density at radius 3 is 2.12 bits per heavy atom. The van der Waals surface area contributed by atoms with E-state index in [0.717, 1.165) is 11.1 Å². The van der Waals surface area contributed by atoms with Crippen LogP contribution >= 0.6 is 0 Å². The minimum atomic E-state index is -1.16. The number of hydrogen-bond acceptors (Lipinski definition) is 5. The molecule has 0 aromatic heterocycles. The molecule has 1 heterocycles. The Hall–Kier alpha value is -4.33. The summed E-state index contributed by atoms with van der Waals surface area (Å²) in [6.07, 6.45) is 0.254. The summed E-state index contributed by atoms with van der Waals surface area (Å²) < 4.78 is 10.7. The third-order valence-electron chi connectivity index (χ3n) is 5.43. The highest BCUT2D eigenvalue weighted by Crippen LogP contribution is 2.32. The van der Waals surface area contributed by atoms with Gasteiger partial charge < -0.3 is 25.2 Å². The Morgan fingerprint density at radius 2 is 1.41 bits per heavy atom. The highest BCUT2D eigenvalue weighted by Gasteiger charge is 2.28.